The van der Waals surface area contributed by atoms with Crippen molar-refractivity contribution in [2.45, 2.75) is 11.7 Å². The molecule has 0 saturated carbocycles. The zero-order valence-electron chi connectivity index (χ0n) is 13.6. The van der Waals surface area contributed by atoms with E-state index >= 15 is 0 Å². The van der Waals surface area contributed by atoms with Crippen LogP contribution in [0.4, 0.5) is 0 Å². The van der Waals surface area contributed by atoms with Crippen molar-refractivity contribution in [1.29, 1.82) is 0 Å². The van der Waals surface area contributed by atoms with E-state index in [0.29, 0.717) is 22.5 Å². The molecule has 3 rings (SSSR count). The van der Waals surface area contributed by atoms with Gasteiger partial charge in [0.1, 0.15) is 0 Å². The van der Waals surface area contributed by atoms with Crippen LogP contribution < -0.4 is 5.32 Å². The first-order chi connectivity index (χ1) is 12.2. The van der Waals surface area contributed by atoms with Crippen molar-refractivity contribution in [3.63, 3.8) is 0 Å². The van der Waals surface area contributed by atoms with E-state index in [1.807, 2.05) is 47.0 Å². The number of nitrogens with one attached hydrogen (secondary N) is 1. The van der Waals surface area contributed by atoms with Gasteiger partial charge in [0.05, 0.1) is 12.3 Å². The van der Waals surface area contributed by atoms with E-state index in [9.17, 15) is 4.79 Å². The molecule has 0 aliphatic carbocycles. The van der Waals surface area contributed by atoms with E-state index < -0.39 is 0 Å². The largest absolute Gasteiger partial charge is 0.358 e. The molecule has 0 fully saturated rings. The number of benzene rings is 2. The number of amides is 1. The summed E-state index contributed by atoms with van der Waals surface area (Å²) in [6.07, 6.45) is 0. The van der Waals surface area contributed by atoms with Crippen LogP contribution >= 0.6 is 23.4 Å². The van der Waals surface area contributed by atoms with Crippen LogP contribution in [0.15, 0.2) is 59.8 Å². The fourth-order valence-electron chi connectivity index (χ4n) is 2.32. The standard InChI is InChI=1S/C18H17ClN4OS/c1-20-16(24)12-25-18-22-21-17(14-7-9-15(19)10-8-14)23(18)11-13-5-3-2-4-6-13/h2-10H,11-12H2,1H3,(H,20,24). The van der Waals surface area contributed by atoms with Gasteiger partial charge in [-0.15, -0.1) is 10.2 Å². The summed E-state index contributed by atoms with van der Waals surface area (Å²) >= 11 is 7.35. The zero-order chi connectivity index (χ0) is 17.6. The molecular weight excluding hydrogens is 356 g/mol. The summed E-state index contributed by atoms with van der Waals surface area (Å²) < 4.78 is 2.02. The lowest BCUT2D eigenvalue weighted by Crippen LogP contribution is -2.20. The molecule has 1 amide bonds. The number of hydrogen-bond donors (Lipinski definition) is 1. The third kappa shape index (κ3) is 4.41. The first-order valence-corrected chi connectivity index (χ1v) is 9.10. The molecule has 0 bridgehead atoms. The van der Waals surface area contributed by atoms with Gasteiger partial charge in [-0.25, -0.2) is 0 Å². The van der Waals surface area contributed by atoms with Gasteiger partial charge in [0, 0.05) is 17.6 Å². The van der Waals surface area contributed by atoms with Crippen LogP contribution in [-0.4, -0.2) is 33.5 Å². The van der Waals surface area contributed by atoms with E-state index in [2.05, 4.69) is 27.6 Å². The van der Waals surface area contributed by atoms with Crippen LogP contribution in [0.3, 0.4) is 0 Å². The fourth-order valence-corrected chi connectivity index (χ4v) is 3.25. The molecule has 25 heavy (non-hydrogen) atoms. The van der Waals surface area contributed by atoms with Gasteiger partial charge in [0.2, 0.25) is 5.91 Å². The second kappa shape index (κ2) is 8.18. The monoisotopic (exact) mass is 372 g/mol. The molecule has 1 N–H and O–H groups in total. The predicted molar refractivity (Wildman–Crippen MR) is 101 cm³/mol. The van der Waals surface area contributed by atoms with Gasteiger partial charge in [-0.3, -0.25) is 9.36 Å². The second-order valence-corrected chi connectivity index (χ2v) is 6.73. The molecule has 0 unspecified atom stereocenters. The summed E-state index contributed by atoms with van der Waals surface area (Å²) in [5.41, 5.74) is 2.07. The maximum absolute atomic E-state index is 11.6. The van der Waals surface area contributed by atoms with Gasteiger partial charge in [0.25, 0.3) is 0 Å². The first-order valence-electron chi connectivity index (χ1n) is 7.74. The molecule has 1 aromatic heterocycles. The fraction of sp³-hybridized carbons (Fsp3) is 0.167. The smallest absolute Gasteiger partial charge is 0.230 e. The average molecular weight is 373 g/mol. The number of thioether (sulfide) groups is 1. The minimum absolute atomic E-state index is 0.0488. The summed E-state index contributed by atoms with van der Waals surface area (Å²) in [4.78, 5) is 11.6. The number of rotatable bonds is 6. The minimum Gasteiger partial charge on any atom is -0.358 e. The van der Waals surface area contributed by atoms with Crippen molar-refractivity contribution in [3.8, 4) is 11.4 Å². The van der Waals surface area contributed by atoms with Crippen molar-refractivity contribution in [3.05, 3.63) is 65.2 Å². The molecule has 0 aliphatic rings. The number of carbonyl (C=O) groups excluding carboxylic acids is 1. The van der Waals surface area contributed by atoms with Crippen LogP contribution in [0, 0.1) is 0 Å². The molecular formula is C18H17ClN4OS. The molecule has 7 heteroatoms. The Morgan fingerprint density at radius 3 is 2.52 bits per heavy atom. The number of nitrogens with zero attached hydrogens (tertiary/aromatic N) is 3. The van der Waals surface area contributed by atoms with E-state index in [-0.39, 0.29) is 5.91 Å². The normalized spacial score (nSPS) is 10.6. The lowest BCUT2D eigenvalue weighted by atomic mass is 10.2. The Bertz CT molecular complexity index is 849. The van der Waals surface area contributed by atoms with Gasteiger partial charge in [0.15, 0.2) is 11.0 Å². The van der Waals surface area contributed by atoms with Crippen molar-refractivity contribution in [2.24, 2.45) is 0 Å². The van der Waals surface area contributed by atoms with Crippen molar-refractivity contribution in [2.75, 3.05) is 12.8 Å². The molecule has 5 nitrogen and oxygen atoms in total. The molecule has 0 saturated heterocycles. The van der Waals surface area contributed by atoms with Crippen molar-refractivity contribution in [1.82, 2.24) is 20.1 Å². The number of aromatic nitrogens is 3. The molecule has 1 heterocycles. The van der Waals surface area contributed by atoms with Crippen LogP contribution in [0.1, 0.15) is 5.56 Å². The van der Waals surface area contributed by atoms with Gasteiger partial charge in [-0.2, -0.15) is 0 Å². The van der Waals surface area contributed by atoms with Gasteiger partial charge >= 0.3 is 0 Å². The van der Waals surface area contributed by atoms with Crippen LogP contribution in [0.5, 0.6) is 0 Å². The number of hydrogen-bond acceptors (Lipinski definition) is 4. The molecule has 128 valence electrons. The minimum atomic E-state index is -0.0488. The number of carbonyl (C=O) groups is 1. The summed E-state index contributed by atoms with van der Waals surface area (Å²) in [5, 5.41) is 12.6. The second-order valence-electron chi connectivity index (χ2n) is 5.35. The third-order valence-corrected chi connectivity index (χ3v) is 4.83. The topological polar surface area (TPSA) is 59.8 Å². The SMILES string of the molecule is CNC(=O)CSc1nnc(-c2ccc(Cl)cc2)n1Cc1ccccc1. The number of halogens is 1. The van der Waals surface area contributed by atoms with Crippen LogP contribution in [-0.2, 0) is 11.3 Å². The van der Waals surface area contributed by atoms with E-state index in [4.69, 9.17) is 11.6 Å². The molecule has 0 radical (unpaired) electrons. The van der Waals surface area contributed by atoms with E-state index in [1.165, 1.54) is 11.8 Å². The summed E-state index contributed by atoms with van der Waals surface area (Å²) in [7, 11) is 1.62. The Morgan fingerprint density at radius 1 is 1.12 bits per heavy atom. The van der Waals surface area contributed by atoms with Crippen LogP contribution in [0.25, 0.3) is 11.4 Å². The molecule has 3 aromatic rings. The molecule has 0 atom stereocenters. The van der Waals surface area contributed by atoms with Gasteiger partial charge in [-0.1, -0.05) is 53.7 Å². The predicted octanol–water partition coefficient (Wildman–Crippen LogP) is 3.48. The van der Waals surface area contributed by atoms with E-state index in [1.54, 1.807) is 7.05 Å². The Morgan fingerprint density at radius 2 is 1.84 bits per heavy atom. The molecule has 0 spiro atoms. The highest BCUT2D eigenvalue weighted by Crippen LogP contribution is 2.26. The Labute approximate surface area is 155 Å². The highest BCUT2D eigenvalue weighted by molar-refractivity contribution is 7.99. The average Bonchev–Trinajstić information content (AvgIpc) is 3.03. The highest BCUT2D eigenvalue weighted by atomic mass is 35.5. The van der Waals surface area contributed by atoms with Gasteiger partial charge in [-0.05, 0) is 29.8 Å². The van der Waals surface area contributed by atoms with Crippen molar-refractivity contribution >= 4 is 29.3 Å². The third-order valence-electron chi connectivity index (χ3n) is 3.61. The highest BCUT2D eigenvalue weighted by Gasteiger charge is 2.16. The molecule has 0 aliphatic heterocycles. The van der Waals surface area contributed by atoms with Crippen LogP contribution in [0.2, 0.25) is 5.02 Å². The lowest BCUT2D eigenvalue weighted by molar-refractivity contribution is -0.118. The Hall–Kier alpha value is -2.31. The zero-order valence-corrected chi connectivity index (χ0v) is 15.2. The summed E-state index contributed by atoms with van der Waals surface area (Å²) in [5.74, 6) is 0.997. The lowest BCUT2D eigenvalue weighted by Gasteiger charge is -2.10. The van der Waals surface area contributed by atoms with E-state index in [0.717, 1.165) is 17.0 Å². The van der Waals surface area contributed by atoms with Crippen molar-refractivity contribution < 1.29 is 4.79 Å². The maximum atomic E-state index is 11.6. The van der Waals surface area contributed by atoms with Gasteiger partial charge < -0.3 is 5.32 Å². The Kier molecular flexibility index (Phi) is 5.73. The maximum Gasteiger partial charge on any atom is 0.230 e. The summed E-state index contributed by atoms with van der Waals surface area (Å²) in [6.45, 7) is 0.627. The summed E-state index contributed by atoms with van der Waals surface area (Å²) in [6, 6.07) is 17.6. The quantitative estimate of drug-likeness (QED) is 0.673. The Balaban J connectivity index is 1.95. The molecule has 2 aromatic carbocycles. The first kappa shape index (κ1) is 17.5.